The minimum Gasteiger partial charge on any atom is -0.351 e. The van der Waals surface area contributed by atoms with Gasteiger partial charge in [0.2, 0.25) is 5.91 Å². The summed E-state index contributed by atoms with van der Waals surface area (Å²) in [6.07, 6.45) is 1.57. The normalized spacial score (nSPS) is 19.2. The number of anilines is 1. The molecule has 3 rings (SSSR count). The molecule has 0 aromatic heterocycles. The summed E-state index contributed by atoms with van der Waals surface area (Å²) in [4.78, 5) is 27.3. The van der Waals surface area contributed by atoms with Gasteiger partial charge in [0, 0.05) is 24.1 Å². The first-order chi connectivity index (χ1) is 13.4. The third-order valence-electron chi connectivity index (χ3n) is 5.22. The van der Waals surface area contributed by atoms with Gasteiger partial charge in [0.25, 0.3) is 0 Å². The lowest BCUT2D eigenvalue weighted by molar-refractivity contribution is -0.132. The van der Waals surface area contributed by atoms with E-state index in [4.69, 9.17) is 0 Å². The van der Waals surface area contributed by atoms with Gasteiger partial charge in [-0.05, 0) is 60.3 Å². The fourth-order valence-electron chi connectivity index (χ4n) is 3.46. The van der Waals surface area contributed by atoms with Gasteiger partial charge in [-0.3, -0.25) is 4.79 Å². The number of aryl methyl sites for hydroxylation is 1. The van der Waals surface area contributed by atoms with Crippen LogP contribution in [0.1, 0.15) is 30.9 Å². The van der Waals surface area contributed by atoms with E-state index < -0.39 is 5.41 Å². The van der Waals surface area contributed by atoms with E-state index >= 15 is 0 Å². The van der Waals surface area contributed by atoms with E-state index in [1.165, 1.54) is 5.56 Å². The second-order valence-corrected chi connectivity index (χ2v) is 8.52. The van der Waals surface area contributed by atoms with E-state index in [0.717, 1.165) is 28.6 Å². The summed E-state index contributed by atoms with van der Waals surface area (Å²) in [6.45, 7) is 5.53. The SMILES string of the molecule is Cc1ccc(CNC(=O)[C@@]2(C)CCCN(C(=O)Nc3ccccc3Br)C2)cc1. The number of rotatable bonds is 4. The van der Waals surface area contributed by atoms with Crippen molar-refractivity contribution in [3.63, 3.8) is 0 Å². The van der Waals surface area contributed by atoms with Crippen molar-refractivity contribution >= 4 is 33.6 Å². The molecule has 2 aromatic rings. The second-order valence-electron chi connectivity index (χ2n) is 7.66. The molecule has 3 amide bonds. The van der Waals surface area contributed by atoms with Crippen LogP contribution in [0.15, 0.2) is 53.0 Å². The van der Waals surface area contributed by atoms with Crippen LogP contribution in [0.5, 0.6) is 0 Å². The van der Waals surface area contributed by atoms with Crippen LogP contribution in [0.4, 0.5) is 10.5 Å². The highest BCUT2D eigenvalue weighted by Crippen LogP contribution is 2.31. The van der Waals surface area contributed by atoms with Crippen LogP contribution in [0.3, 0.4) is 0 Å². The molecule has 2 N–H and O–H groups in total. The maximum absolute atomic E-state index is 12.9. The van der Waals surface area contributed by atoms with Crippen molar-refractivity contribution in [3.8, 4) is 0 Å². The average Bonchev–Trinajstić information content (AvgIpc) is 2.69. The first kappa shape index (κ1) is 20.4. The summed E-state index contributed by atoms with van der Waals surface area (Å²) in [5, 5.41) is 5.97. The van der Waals surface area contributed by atoms with Crippen molar-refractivity contribution in [3.05, 3.63) is 64.1 Å². The number of carbonyl (C=O) groups excluding carboxylic acids is 2. The highest BCUT2D eigenvalue weighted by Gasteiger charge is 2.39. The Morgan fingerprint density at radius 1 is 1.14 bits per heavy atom. The van der Waals surface area contributed by atoms with Gasteiger partial charge in [-0.25, -0.2) is 4.79 Å². The van der Waals surface area contributed by atoms with Gasteiger partial charge in [-0.1, -0.05) is 42.0 Å². The Labute approximate surface area is 174 Å². The quantitative estimate of drug-likeness (QED) is 0.718. The molecule has 1 aliphatic heterocycles. The lowest BCUT2D eigenvalue weighted by atomic mass is 9.81. The molecule has 2 aromatic carbocycles. The van der Waals surface area contributed by atoms with Crippen LogP contribution in [0, 0.1) is 12.3 Å². The first-order valence-corrected chi connectivity index (χ1v) is 10.3. The summed E-state index contributed by atoms with van der Waals surface area (Å²) in [7, 11) is 0. The molecule has 6 heteroatoms. The van der Waals surface area contributed by atoms with Gasteiger partial charge in [-0.2, -0.15) is 0 Å². The van der Waals surface area contributed by atoms with Crippen molar-refractivity contribution in [2.75, 3.05) is 18.4 Å². The van der Waals surface area contributed by atoms with E-state index in [2.05, 4.69) is 26.6 Å². The van der Waals surface area contributed by atoms with Crippen molar-refractivity contribution < 1.29 is 9.59 Å². The van der Waals surface area contributed by atoms with Crippen LogP contribution in [-0.2, 0) is 11.3 Å². The van der Waals surface area contributed by atoms with Gasteiger partial charge in [-0.15, -0.1) is 0 Å². The number of piperidine rings is 1. The van der Waals surface area contributed by atoms with Crippen LogP contribution in [0.2, 0.25) is 0 Å². The number of urea groups is 1. The van der Waals surface area contributed by atoms with Gasteiger partial charge >= 0.3 is 6.03 Å². The minimum absolute atomic E-state index is 0.00790. The summed E-state index contributed by atoms with van der Waals surface area (Å²) in [5.74, 6) is -0.00790. The van der Waals surface area contributed by atoms with Crippen LogP contribution in [-0.4, -0.2) is 29.9 Å². The van der Waals surface area contributed by atoms with E-state index in [1.807, 2.05) is 62.4 Å². The number of halogens is 1. The zero-order chi connectivity index (χ0) is 20.1. The molecular formula is C22H26BrN3O2. The molecule has 1 atom stereocenters. The highest BCUT2D eigenvalue weighted by atomic mass is 79.9. The standard InChI is InChI=1S/C22H26BrN3O2/c1-16-8-10-17(11-9-16)14-24-20(27)22(2)12-5-13-26(15-22)21(28)25-19-7-4-3-6-18(19)23/h3-4,6-11H,5,12-15H2,1-2H3,(H,24,27)(H,25,28)/t22-/m0/s1. The number of nitrogens with zero attached hydrogens (tertiary/aromatic N) is 1. The largest absolute Gasteiger partial charge is 0.351 e. The Hall–Kier alpha value is -2.34. The maximum atomic E-state index is 12.9. The zero-order valence-corrected chi connectivity index (χ0v) is 17.9. The fourth-order valence-corrected chi connectivity index (χ4v) is 3.84. The van der Waals surface area contributed by atoms with Crippen LogP contribution < -0.4 is 10.6 Å². The lowest BCUT2D eigenvalue weighted by Crippen LogP contribution is -2.52. The fraction of sp³-hybridized carbons (Fsp3) is 0.364. The molecule has 0 unspecified atom stereocenters. The van der Waals surface area contributed by atoms with Gasteiger partial charge < -0.3 is 15.5 Å². The molecule has 148 valence electrons. The van der Waals surface area contributed by atoms with Crippen LogP contribution in [0.25, 0.3) is 0 Å². The highest BCUT2D eigenvalue weighted by molar-refractivity contribution is 9.10. The summed E-state index contributed by atoms with van der Waals surface area (Å²) >= 11 is 3.44. The Kier molecular flexibility index (Phi) is 6.39. The van der Waals surface area contributed by atoms with Crippen LogP contribution >= 0.6 is 15.9 Å². The van der Waals surface area contributed by atoms with E-state index in [1.54, 1.807) is 4.90 Å². The molecule has 0 bridgehead atoms. The number of para-hydroxylation sites is 1. The molecule has 1 aliphatic rings. The number of amides is 3. The molecule has 0 aliphatic carbocycles. The van der Waals surface area contributed by atoms with Gasteiger partial charge in [0.05, 0.1) is 11.1 Å². The predicted molar refractivity (Wildman–Crippen MR) is 115 cm³/mol. The summed E-state index contributed by atoms with van der Waals surface area (Å²) in [6, 6.07) is 15.5. The van der Waals surface area contributed by atoms with E-state index in [0.29, 0.717) is 19.6 Å². The molecule has 28 heavy (non-hydrogen) atoms. The third-order valence-corrected chi connectivity index (χ3v) is 5.91. The molecular weight excluding hydrogens is 418 g/mol. The second kappa shape index (κ2) is 8.78. The Morgan fingerprint density at radius 2 is 1.86 bits per heavy atom. The Balaban J connectivity index is 1.60. The minimum atomic E-state index is -0.589. The average molecular weight is 444 g/mol. The van der Waals surface area contributed by atoms with E-state index in [-0.39, 0.29) is 11.9 Å². The molecule has 0 radical (unpaired) electrons. The summed E-state index contributed by atoms with van der Waals surface area (Å²) in [5.41, 5.74) is 2.40. The van der Waals surface area contributed by atoms with Crippen molar-refractivity contribution in [2.45, 2.75) is 33.2 Å². The Morgan fingerprint density at radius 3 is 2.57 bits per heavy atom. The first-order valence-electron chi connectivity index (χ1n) is 9.52. The number of carbonyl (C=O) groups is 2. The van der Waals surface area contributed by atoms with Crippen molar-refractivity contribution in [2.24, 2.45) is 5.41 Å². The number of hydrogen-bond donors (Lipinski definition) is 2. The number of likely N-dealkylation sites (tertiary alicyclic amines) is 1. The topological polar surface area (TPSA) is 61.4 Å². The predicted octanol–water partition coefficient (Wildman–Crippen LogP) is 4.71. The monoisotopic (exact) mass is 443 g/mol. The lowest BCUT2D eigenvalue weighted by Gasteiger charge is -2.39. The molecule has 5 nitrogen and oxygen atoms in total. The molecule has 1 heterocycles. The zero-order valence-electron chi connectivity index (χ0n) is 16.3. The molecule has 0 spiro atoms. The number of nitrogens with one attached hydrogen (secondary N) is 2. The third kappa shape index (κ3) is 4.93. The number of hydrogen-bond acceptors (Lipinski definition) is 2. The maximum Gasteiger partial charge on any atom is 0.321 e. The van der Waals surface area contributed by atoms with Gasteiger partial charge in [0.15, 0.2) is 0 Å². The smallest absolute Gasteiger partial charge is 0.321 e. The molecule has 1 fully saturated rings. The number of benzene rings is 2. The van der Waals surface area contributed by atoms with E-state index in [9.17, 15) is 9.59 Å². The van der Waals surface area contributed by atoms with Crippen molar-refractivity contribution in [1.29, 1.82) is 0 Å². The van der Waals surface area contributed by atoms with Gasteiger partial charge in [0.1, 0.15) is 0 Å². The Bertz CT molecular complexity index is 853. The molecule has 1 saturated heterocycles. The summed E-state index contributed by atoms with van der Waals surface area (Å²) < 4.78 is 0.832. The van der Waals surface area contributed by atoms with Crippen molar-refractivity contribution in [1.82, 2.24) is 10.2 Å². The molecule has 0 saturated carbocycles.